The average Bonchev–Trinajstić information content (AvgIpc) is 3.13. The molecule has 0 radical (unpaired) electrons. The fourth-order valence-corrected chi connectivity index (χ4v) is 3.40. The van der Waals surface area contributed by atoms with E-state index in [4.69, 9.17) is 4.74 Å². The number of ether oxygens (including phenoxy) is 1. The van der Waals surface area contributed by atoms with Crippen LogP contribution in [0.15, 0.2) is 23.4 Å². The molecule has 0 spiro atoms. The van der Waals surface area contributed by atoms with Crippen molar-refractivity contribution >= 4 is 11.8 Å². The Morgan fingerprint density at radius 3 is 3.06 bits per heavy atom. The van der Waals surface area contributed by atoms with Gasteiger partial charge in [0, 0.05) is 30.6 Å². The van der Waals surface area contributed by atoms with E-state index in [1.54, 1.807) is 0 Å². The molecule has 1 aliphatic heterocycles. The zero-order valence-electron chi connectivity index (χ0n) is 10.8. The minimum atomic E-state index is 0.348. The summed E-state index contributed by atoms with van der Waals surface area (Å²) in [5.41, 5.74) is 1.33. The first-order valence-corrected chi connectivity index (χ1v) is 7.66. The first kappa shape index (κ1) is 12.5. The van der Waals surface area contributed by atoms with Crippen LogP contribution in [0.2, 0.25) is 0 Å². The van der Waals surface area contributed by atoms with Crippen LogP contribution >= 0.6 is 11.8 Å². The maximum Gasteiger partial charge on any atom is 0.101 e. The van der Waals surface area contributed by atoms with E-state index in [1.165, 1.54) is 23.4 Å². The zero-order valence-corrected chi connectivity index (χ0v) is 11.6. The molecule has 2 atom stereocenters. The largest absolute Gasteiger partial charge is 0.377 e. The molecule has 3 nitrogen and oxygen atoms in total. The molecule has 4 heteroatoms. The van der Waals surface area contributed by atoms with Crippen LogP contribution in [0.1, 0.15) is 31.7 Å². The van der Waals surface area contributed by atoms with Gasteiger partial charge in [0.2, 0.25) is 0 Å². The van der Waals surface area contributed by atoms with Gasteiger partial charge >= 0.3 is 0 Å². The molecule has 2 aliphatic rings. The minimum Gasteiger partial charge on any atom is -0.377 e. The summed E-state index contributed by atoms with van der Waals surface area (Å²) >= 11 is 1.88. The highest BCUT2D eigenvalue weighted by Crippen LogP contribution is 2.33. The number of pyridine rings is 1. The summed E-state index contributed by atoms with van der Waals surface area (Å²) in [7, 11) is 0. The van der Waals surface area contributed by atoms with Crippen LogP contribution in [-0.2, 0) is 11.3 Å². The van der Waals surface area contributed by atoms with Crippen molar-refractivity contribution in [1.29, 1.82) is 0 Å². The highest BCUT2D eigenvalue weighted by molar-refractivity contribution is 8.00. The Morgan fingerprint density at radius 1 is 1.44 bits per heavy atom. The van der Waals surface area contributed by atoms with E-state index in [-0.39, 0.29) is 0 Å². The normalized spacial score (nSPS) is 27.6. The van der Waals surface area contributed by atoms with Crippen molar-refractivity contribution in [1.82, 2.24) is 10.3 Å². The lowest BCUT2D eigenvalue weighted by Crippen LogP contribution is -2.17. The molecule has 1 saturated heterocycles. The fraction of sp³-hybridized carbons (Fsp3) is 0.643. The number of rotatable bonds is 5. The van der Waals surface area contributed by atoms with Gasteiger partial charge in [0.15, 0.2) is 0 Å². The molecule has 1 aromatic heterocycles. The van der Waals surface area contributed by atoms with Crippen molar-refractivity contribution in [2.75, 3.05) is 6.61 Å². The Hall–Kier alpha value is -0.580. The third kappa shape index (κ3) is 3.05. The Labute approximate surface area is 113 Å². The molecule has 1 aliphatic carbocycles. The lowest BCUT2D eigenvalue weighted by atomic mass is 10.2. The van der Waals surface area contributed by atoms with Crippen LogP contribution in [-0.4, -0.2) is 29.0 Å². The maximum atomic E-state index is 5.62. The highest BCUT2D eigenvalue weighted by atomic mass is 32.2. The summed E-state index contributed by atoms with van der Waals surface area (Å²) in [5.74, 6) is 0. The fourth-order valence-electron chi connectivity index (χ4n) is 2.22. The molecule has 3 rings (SSSR count). The standard InChI is InChI=1S/C14H20N2OS/c1-10-13(6-8-17-10)18-14-11(3-2-7-15-14)9-16-12-4-5-12/h2-3,7,10,12-13,16H,4-6,8-9H2,1H3. The molecule has 0 bridgehead atoms. The summed E-state index contributed by atoms with van der Waals surface area (Å²) in [4.78, 5) is 4.54. The molecule has 1 saturated carbocycles. The van der Waals surface area contributed by atoms with Gasteiger partial charge in [0.25, 0.3) is 0 Å². The van der Waals surface area contributed by atoms with E-state index in [2.05, 4.69) is 23.3 Å². The van der Waals surface area contributed by atoms with Crippen LogP contribution in [0.4, 0.5) is 0 Å². The number of aromatic nitrogens is 1. The third-order valence-electron chi connectivity index (χ3n) is 3.58. The lowest BCUT2D eigenvalue weighted by Gasteiger charge is -2.15. The molecule has 0 aromatic carbocycles. The third-order valence-corrected chi connectivity index (χ3v) is 5.09. The van der Waals surface area contributed by atoms with Gasteiger partial charge in [-0.25, -0.2) is 4.98 Å². The number of nitrogens with zero attached hydrogens (tertiary/aromatic N) is 1. The Kier molecular flexibility index (Phi) is 3.87. The topological polar surface area (TPSA) is 34.1 Å². The second-order valence-corrected chi connectivity index (χ2v) is 6.37. The van der Waals surface area contributed by atoms with Gasteiger partial charge in [-0.2, -0.15) is 0 Å². The van der Waals surface area contributed by atoms with Gasteiger partial charge < -0.3 is 10.1 Å². The lowest BCUT2D eigenvalue weighted by molar-refractivity contribution is 0.127. The van der Waals surface area contributed by atoms with Crippen LogP contribution in [0.3, 0.4) is 0 Å². The monoisotopic (exact) mass is 264 g/mol. The van der Waals surface area contributed by atoms with Gasteiger partial charge in [0.1, 0.15) is 5.03 Å². The van der Waals surface area contributed by atoms with Gasteiger partial charge in [-0.3, -0.25) is 0 Å². The van der Waals surface area contributed by atoms with E-state index in [1.807, 2.05) is 24.0 Å². The van der Waals surface area contributed by atoms with E-state index in [0.29, 0.717) is 11.4 Å². The van der Waals surface area contributed by atoms with Crippen molar-refractivity contribution < 1.29 is 4.74 Å². The van der Waals surface area contributed by atoms with Crippen LogP contribution in [0.25, 0.3) is 0 Å². The summed E-state index contributed by atoms with van der Waals surface area (Å²) in [6, 6.07) is 4.96. The van der Waals surface area contributed by atoms with Crippen LogP contribution in [0, 0.1) is 0 Å². The zero-order chi connectivity index (χ0) is 12.4. The van der Waals surface area contributed by atoms with Crippen molar-refractivity contribution in [3.8, 4) is 0 Å². The SMILES string of the molecule is CC1OCCC1Sc1ncccc1CNC1CC1. The van der Waals surface area contributed by atoms with Crippen LogP contribution < -0.4 is 5.32 Å². The first-order chi connectivity index (χ1) is 8.83. The Balaban J connectivity index is 1.65. The summed E-state index contributed by atoms with van der Waals surface area (Å²) < 4.78 is 5.62. The van der Waals surface area contributed by atoms with E-state index < -0.39 is 0 Å². The first-order valence-electron chi connectivity index (χ1n) is 6.78. The summed E-state index contributed by atoms with van der Waals surface area (Å²) in [5, 5.41) is 5.29. The number of hydrogen-bond donors (Lipinski definition) is 1. The van der Waals surface area contributed by atoms with Crippen molar-refractivity contribution in [3.63, 3.8) is 0 Å². The van der Waals surface area contributed by atoms with Crippen LogP contribution in [0.5, 0.6) is 0 Å². The quantitative estimate of drug-likeness (QED) is 0.886. The number of nitrogens with one attached hydrogen (secondary N) is 1. The van der Waals surface area contributed by atoms with Gasteiger partial charge in [-0.05, 0) is 37.8 Å². The summed E-state index contributed by atoms with van der Waals surface area (Å²) in [6.45, 7) is 4.00. The summed E-state index contributed by atoms with van der Waals surface area (Å²) in [6.07, 6.45) is 6.04. The molecule has 0 amide bonds. The molecule has 18 heavy (non-hydrogen) atoms. The van der Waals surface area contributed by atoms with Gasteiger partial charge in [-0.15, -0.1) is 0 Å². The minimum absolute atomic E-state index is 0.348. The second kappa shape index (κ2) is 5.59. The van der Waals surface area contributed by atoms with E-state index in [0.717, 1.165) is 25.6 Å². The Morgan fingerprint density at radius 2 is 2.33 bits per heavy atom. The van der Waals surface area contributed by atoms with E-state index in [9.17, 15) is 0 Å². The van der Waals surface area contributed by atoms with E-state index >= 15 is 0 Å². The molecule has 1 N–H and O–H groups in total. The average molecular weight is 264 g/mol. The molecule has 2 heterocycles. The molecule has 2 fully saturated rings. The number of hydrogen-bond acceptors (Lipinski definition) is 4. The number of thioether (sulfide) groups is 1. The predicted molar refractivity (Wildman–Crippen MR) is 73.8 cm³/mol. The molecule has 2 unspecified atom stereocenters. The smallest absolute Gasteiger partial charge is 0.101 e. The van der Waals surface area contributed by atoms with Crippen molar-refractivity contribution in [3.05, 3.63) is 23.9 Å². The van der Waals surface area contributed by atoms with Crippen molar-refractivity contribution in [2.45, 2.75) is 55.2 Å². The van der Waals surface area contributed by atoms with Gasteiger partial charge in [0.05, 0.1) is 6.10 Å². The maximum absolute atomic E-state index is 5.62. The molecular weight excluding hydrogens is 244 g/mol. The van der Waals surface area contributed by atoms with Crippen molar-refractivity contribution in [2.24, 2.45) is 0 Å². The molecule has 98 valence electrons. The second-order valence-electron chi connectivity index (χ2n) is 5.14. The molecular formula is C14H20N2OS. The highest BCUT2D eigenvalue weighted by Gasteiger charge is 2.26. The Bertz CT molecular complexity index is 409. The van der Waals surface area contributed by atoms with Gasteiger partial charge in [-0.1, -0.05) is 17.8 Å². The predicted octanol–water partition coefficient (Wildman–Crippen LogP) is 2.60. The molecule has 1 aromatic rings.